The summed E-state index contributed by atoms with van der Waals surface area (Å²) < 4.78 is 2.14. The summed E-state index contributed by atoms with van der Waals surface area (Å²) in [5.41, 5.74) is 2.00. The van der Waals surface area contributed by atoms with E-state index >= 15 is 0 Å². The number of hydrogen-bond donors (Lipinski definition) is 1. The van der Waals surface area contributed by atoms with Gasteiger partial charge in [0.05, 0.1) is 5.75 Å². The maximum absolute atomic E-state index is 12.2. The molecule has 1 N–H and O–H groups in total. The first kappa shape index (κ1) is 19.2. The molecule has 0 spiro atoms. The molecule has 0 aliphatic carbocycles. The molecule has 0 saturated heterocycles. The predicted octanol–water partition coefficient (Wildman–Crippen LogP) is 4.26. The number of thioether (sulfide) groups is 1. The summed E-state index contributed by atoms with van der Waals surface area (Å²) in [5, 5.41) is 12.4. The molecule has 0 fully saturated rings. The number of hydrogen-bond acceptors (Lipinski definition) is 4. The summed E-state index contributed by atoms with van der Waals surface area (Å²) in [5.74, 6) is 1.65. The van der Waals surface area contributed by atoms with E-state index in [1.165, 1.54) is 17.3 Å². The Morgan fingerprint density at radius 3 is 2.37 bits per heavy atom. The number of aromatic nitrogens is 3. The molecule has 0 saturated carbocycles. The summed E-state index contributed by atoms with van der Waals surface area (Å²) >= 11 is 1.43. The average Bonchev–Trinajstić information content (AvgIpc) is 3.02. The first-order valence-electron chi connectivity index (χ1n) is 9.05. The number of benzene rings is 2. The molecule has 0 aliphatic rings. The van der Waals surface area contributed by atoms with Crippen LogP contribution in [0.1, 0.15) is 25.2 Å². The first-order valence-corrected chi connectivity index (χ1v) is 10.0. The third-order valence-corrected chi connectivity index (χ3v) is 4.90. The van der Waals surface area contributed by atoms with Crippen LogP contribution in [-0.2, 0) is 17.8 Å². The van der Waals surface area contributed by atoms with Crippen molar-refractivity contribution >= 4 is 23.4 Å². The lowest BCUT2D eigenvalue weighted by Gasteiger charge is -2.12. The van der Waals surface area contributed by atoms with Crippen LogP contribution in [0, 0.1) is 5.92 Å². The SMILES string of the molecule is CC(C)Cn1c(Cc2ccccc2)nnc1SCC(=O)Nc1ccccc1. The highest BCUT2D eigenvalue weighted by atomic mass is 32.2. The number of anilines is 1. The van der Waals surface area contributed by atoms with Crippen LogP contribution >= 0.6 is 11.8 Å². The molecule has 5 nitrogen and oxygen atoms in total. The van der Waals surface area contributed by atoms with Crippen LogP contribution in [0.5, 0.6) is 0 Å². The van der Waals surface area contributed by atoms with Crippen molar-refractivity contribution in [2.24, 2.45) is 5.92 Å². The number of carbonyl (C=O) groups excluding carboxylic acids is 1. The topological polar surface area (TPSA) is 59.8 Å². The summed E-state index contributed by atoms with van der Waals surface area (Å²) in [6, 6.07) is 19.7. The van der Waals surface area contributed by atoms with Crippen LogP contribution in [0.2, 0.25) is 0 Å². The molecule has 3 aromatic rings. The molecule has 6 heteroatoms. The molecule has 1 aromatic heterocycles. The molecule has 0 bridgehead atoms. The van der Waals surface area contributed by atoms with Gasteiger partial charge in [-0.05, 0) is 23.6 Å². The van der Waals surface area contributed by atoms with Crippen molar-refractivity contribution in [2.45, 2.75) is 32.0 Å². The molecular weight excluding hydrogens is 356 g/mol. The Kier molecular flexibility index (Phi) is 6.65. The van der Waals surface area contributed by atoms with Crippen LogP contribution < -0.4 is 5.32 Å². The number of para-hydroxylation sites is 1. The van der Waals surface area contributed by atoms with Crippen LogP contribution in [0.15, 0.2) is 65.8 Å². The number of nitrogens with one attached hydrogen (secondary N) is 1. The maximum atomic E-state index is 12.2. The lowest BCUT2D eigenvalue weighted by atomic mass is 10.1. The largest absolute Gasteiger partial charge is 0.325 e. The average molecular weight is 381 g/mol. The quantitative estimate of drug-likeness (QED) is 0.593. The Labute approximate surface area is 164 Å². The van der Waals surface area contributed by atoms with E-state index in [9.17, 15) is 4.79 Å². The number of carbonyl (C=O) groups is 1. The molecule has 1 amide bonds. The molecule has 0 unspecified atom stereocenters. The first-order chi connectivity index (χ1) is 13.1. The third-order valence-electron chi connectivity index (χ3n) is 3.94. The van der Waals surface area contributed by atoms with Gasteiger partial charge in [0.1, 0.15) is 5.82 Å². The van der Waals surface area contributed by atoms with Crippen molar-refractivity contribution in [3.8, 4) is 0 Å². The fraction of sp³-hybridized carbons (Fsp3) is 0.286. The van der Waals surface area contributed by atoms with Crippen molar-refractivity contribution in [1.29, 1.82) is 0 Å². The van der Waals surface area contributed by atoms with Gasteiger partial charge in [-0.1, -0.05) is 74.1 Å². The minimum atomic E-state index is -0.0464. The number of nitrogens with zero attached hydrogens (tertiary/aromatic N) is 3. The highest BCUT2D eigenvalue weighted by Crippen LogP contribution is 2.21. The van der Waals surface area contributed by atoms with E-state index in [2.05, 4.69) is 46.1 Å². The lowest BCUT2D eigenvalue weighted by Crippen LogP contribution is -2.15. The van der Waals surface area contributed by atoms with Crippen molar-refractivity contribution in [2.75, 3.05) is 11.1 Å². The van der Waals surface area contributed by atoms with E-state index in [4.69, 9.17) is 0 Å². The van der Waals surface area contributed by atoms with Gasteiger partial charge in [0.2, 0.25) is 5.91 Å². The van der Waals surface area contributed by atoms with E-state index in [1.54, 1.807) is 0 Å². The second-order valence-electron chi connectivity index (χ2n) is 6.77. The lowest BCUT2D eigenvalue weighted by molar-refractivity contribution is -0.113. The number of rotatable bonds is 8. The zero-order valence-corrected chi connectivity index (χ0v) is 16.4. The Hall–Kier alpha value is -2.60. The molecule has 140 valence electrons. The van der Waals surface area contributed by atoms with Gasteiger partial charge in [0, 0.05) is 18.7 Å². The van der Waals surface area contributed by atoms with Gasteiger partial charge >= 0.3 is 0 Å². The van der Waals surface area contributed by atoms with E-state index < -0.39 is 0 Å². The zero-order valence-electron chi connectivity index (χ0n) is 15.6. The van der Waals surface area contributed by atoms with Crippen molar-refractivity contribution in [1.82, 2.24) is 14.8 Å². The highest BCUT2D eigenvalue weighted by molar-refractivity contribution is 7.99. The molecule has 0 atom stereocenters. The monoisotopic (exact) mass is 380 g/mol. The molecule has 1 heterocycles. The maximum Gasteiger partial charge on any atom is 0.234 e. The van der Waals surface area contributed by atoms with Gasteiger partial charge < -0.3 is 9.88 Å². The van der Waals surface area contributed by atoms with Crippen molar-refractivity contribution in [3.63, 3.8) is 0 Å². The predicted molar refractivity (Wildman–Crippen MR) is 110 cm³/mol. The van der Waals surface area contributed by atoms with Gasteiger partial charge in [-0.25, -0.2) is 0 Å². The summed E-state index contributed by atoms with van der Waals surface area (Å²) in [4.78, 5) is 12.2. The van der Waals surface area contributed by atoms with Gasteiger partial charge in [-0.2, -0.15) is 0 Å². The summed E-state index contributed by atoms with van der Waals surface area (Å²) in [6.45, 7) is 5.17. The molecule has 3 rings (SSSR count). The van der Waals surface area contributed by atoms with Crippen molar-refractivity contribution in [3.05, 3.63) is 72.1 Å². The fourth-order valence-corrected chi connectivity index (χ4v) is 3.50. The minimum Gasteiger partial charge on any atom is -0.325 e. The molecular formula is C21H24N4OS. The Morgan fingerprint density at radius 2 is 1.70 bits per heavy atom. The summed E-state index contributed by atoms with van der Waals surface area (Å²) in [7, 11) is 0. The molecule has 2 aromatic carbocycles. The van der Waals surface area contributed by atoms with Crippen LogP contribution in [0.3, 0.4) is 0 Å². The molecule has 0 radical (unpaired) electrons. The number of amides is 1. The summed E-state index contributed by atoms with van der Waals surface area (Å²) in [6.07, 6.45) is 0.733. The second-order valence-corrected chi connectivity index (χ2v) is 7.71. The zero-order chi connectivity index (χ0) is 19.1. The van der Waals surface area contributed by atoms with E-state index in [0.29, 0.717) is 11.7 Å². The van der Waals surface area contributed by atoms with Gasteiger partial charge in [0.25, 0.3) is 0 Å². The van der Waals surface area contributed by atoms with E-state index in [1.807, 2.05) is 48.5 Å². The normalized spacial score (nSPS) is 10.9. The Morgan fingerprint density at radius 1 is 1.04 bits per heavy atom. The van der Waals surface area contributed by atoms with Crippen LogP contribution in [0.4, 0.5) is 5.69 Å². The highest BCUT2D eigenvalue weighted by Gasteiger charge is 2.15. The molecule has 27 heavy (non-hydrogen) atoms. The third kappa shape index (κ3) is 5.69. The fourth-order valence-electron chi connectivity index (χ4n) is 2.73. The van der Waals surface area contributed by atoms with Gasteiger partial charge in [-0.15, -0.1) is 10.2 Å². The Balaban J connectivity index is 1.68. The second kappa shape index (κ2) is 9.37. The van der Waals surface area contributed by atoms with Crippen LogP contribution in [-0.4, -0.2) is 26.4 Å². The van der Waals surface area contributed by atoms with E-state index in [0.717, 1.165) is 29.6 Å². The molecule has 0 aliphatic heterocycles. The Bertz CT molecular complexity index is 862. The van der Waals surface area contributed by atoms with Crippen molar-refractivity contribution < 1.29 is 4.79 Å². The van der Waals surface area contributed by atoms with Gasteiger partial charge in [0.15, 0.2) is 5.16 Å². The minimum absolute atomic E-state index is 0.0464. The van der Waals surface area contributed by atoms with E-state index in [-0.39, 0.29) is 5.91 Å². The van der Waals surface area contributed by atoms with Crippen LogP contribution in [0.25, 0.3) is 0 Å². The standard InChI is InChI=1S/C21H24N4OS/c1-16(2)14-25-19(13-17-9-5-3-6-10-17)23-24-21(25)27-15-20(26)22-18-11-7-4-8-12-18/h3-12,16H,13-15H2,1-2H3,(H,22,26). The smallest absolute Gasteiger partial charge is 0.234 e. The van der Waals surface area contributed by atoms with Gasteiger partial charge in [-0.3, -0.25) is 4.79 Å².